The van der Waals surface area contributed by atoms with Crippen LogP contribution < -0.4 is 16.0 Å². The van der Waals surface area contributed by atoms with Crippen molar-refractivity contribution in [3.63, 3.8) is 0 Å². The zero-order valence-corrected chi connectivity index (χ0v) is 16.1. The van der Waals surface area contributed by atoms with Gasteiger partial charge in [0.1, 0.15) is 11.5 Å². The molecule has 0 aliphatic carbocycles. The minimum atomic E-state index is -0.375. The second-order valence-corrected chi connectivity index (χ2v) is 6.59. The summed E-state index contributed by atoms with van der Waals surface area (Å²) >= 11 is 0. The molecule has 4 aromatic rings. The van der Waals surface area contributed by atoms with Gasteiger partial charge in [-0.2, -0.15) is 5.10 Å². The lowest BCUT2D eigenvalue weighted by molar-refractivity contribution is 0.102. The van der Waals surface area contributed by atoms with Gasteiger partial charge in [-0.15, -0.1) is 0 Å². The average Bonchev–Trinajstić information content (AvgIpc) is 3.16. The van der Waals surface area contributed by atoms with Crippen molar-refractivity contribution in [2.45, 2.75) is 13.0 Å². The number of hydrogen-bond donors (Lipinski definition) is 4. The van der Waals surface area contributed by atoms with Crippen molar-refractivity contribution in [1.29, 1.82) is 0 Å². The van der Waals surface area contributed by atoms with Gasteiger partial charge in [-0.25, -0.2) is 9.78 Å². The highest BCUT2D eigenvalue weighted by atomic mass is 16.2. The van der Waals surface area contributed by atoms with E-state index in [2.05, 4.69) is 36.1 Å². The van der Waals surface area contributed by atoms with Gasteiger partial charge >= 0.3 is 6.03 Å². The van der Waals surface area contributed by atoms with E-state index in [4.69, 9.17) is 0 Å². The van der Waals surface area contributed by atoms with Crippen LogP contribution in [0.3, 0.4) is 0 Å². The minimum absolute atomic E-state index is 0.157. The number of urea groups is 1. The molecular formula is C21H19N7O2. The summed E-state index contributed by atoms with van der Waals surface area (Å²) in [5.41, 5.74) is 1.90. The first-order valence-electron chi connectivity index (χ1n) is 9.29. The predicted octanol–water partition coefficient (Wildman–Crippen LogP) is 3.49. The van der Waals surface area contributed by atoms with Crippen LogP contribution in [0, 0.1) is 0 Å². The van der Waals surface area contributed by atoms with E-state index in [9.17, 15) is 9.59 Å². The van der Waals surface area contributed by atoms with Gasteiger partial charge < -0.3 is 10.6 Å². The largest absolute Gasteiger partial charge is 0.331 e. The minimum Gasteiger partial charge on any atom is -0.331 e. The highest BCUT2D eigenvalue weighted by molar-refractivity contribution is 6.07. The van der Waals surface area contributed by atoms with Crippen molar-refractivity contribution in [1.82, 2.24) is 25.5 Å². The van der Waals surface area contributed by atoms with Crippen molar-refractivity contribution in [2.24, 2.45) is 0 Å². The fourth-order valence-corrected chi connectivity index (χ4v) is 2.92. The lowest BCUT2D eigenvalue weighted by Crippen LogP contribution is -2.31. The first kappa shape index (κ1) is 19.1. The highest BCUT2D eigenvalue weighted by Gasteiger charge is 2.14. The highest BCUT2D eigenvalue weighted by Crippen LogP contribution is 2.22. The molecule has 4 N–H and O–H groups in total. The maximum absolute atomic E-state index is 12.3. The van der Waals surface area contributed by atoms with Crippen molar-refractivity contribution in [3.05, 3.63) is 78.2 Å². The Bertz CT molecular complexity index is 1180. The molecule has 4 rings (SSSR count). The number of hydrogen-bond acceptors (Lipinski definition) is 5. The van der Waals surface area contributed by atoms with Gasteiger partial charge in [0.15, 0.2) is 5.82 Å². The van der Waals surface area contributed by atoms with E-state index in [0.717, 1.165) is 5.56 Å². The number of aromatic amines is 1. The summed E-state index contributed by atoms with van der Waals surface area (Å²) < 4.78 is 0. The van der Waals surface area contributed by atoms with E-state index in [0.29, 0.717) is 22.5 Å². The standard InChI is InChI=1S/C21H19N7O2/c1-13(14-7-3-2-4-8-14)24-21(30)25-18-11-17-15(12-23-18)19(28-27-17)26-20(29)16-9-5-6-10-22-16/h2-13H,1H3,(H2,23,24,25,30)(H2,26,27,28,29). The Labute approximate surface area is 171 Å². The Balaban J connectivity index is 1.43. The molecule has 3 aromatic heterocycles. The summed E-state index contributed by atoms with van der Waals surface area (Å²) in [6, 6.07) is 15.8. The molecule has 0 aliphatic heterocycles. The molecule has 150 valence electrons. The quantitative estimate of drug-likeness (QED) is 0.407. The van der Waals surface area contributed by atoms with Crippen LogP contribution in [0.4, 0.5) is 16.4 Å². The topological polar surface area (TPSA) is 125 Å². The Morgan fingerprint density at radius 3 is 2.57 bits per heavy atom. The summed E-state index contributed by atoms with van der Waals surface area (Å²) in [4.78, 5) is 32.8. The summed E-state index contributed by atoms with van der Waals surface area (Å²) in [6.07, 6.45) is 3.07. The molecule has 0 saturated heterocycles. The number of nitrogens with zero attached hydrogens (tertiary/aromatic N) is 3. The van der Waals surface area contributed by atoms with E-state index in [-0.39, 0.29) is 23.7 Å². The summed E-state index contributed by atoms with van der Waals surface area (Å²) in [6.45, 7) is 1.90. The van der Waals surface area contributed by atoms with Crippen LogP contribution in [0.25, 0.3) is 10.9 Å². The molecule has 9 heteroatoms. The van der Waals surface area contributed by atoms with Crippen molar-refractivity contribution >= 4 is 34.5 Å². The molecule has 3 amide bonds. The van der Waals surface area contributed by atoms with E-state index >= 15 is 0 Å². The average molecular weight is 401 g/mol. The number of carbonyl (C=O) groups is 2. The second-order valence-electron chi connectivity index (χ2n) is 6.59. The van der Waals surface area contributed by atoms with Gasteiger partial charge in [0.05, 0.1) is 16.9 Å². The number of fused-ring (bicyclic) bond motifs is 1. The number of rotatable bonds is 5. The smallest absolute Gasteiger partial charge is 0.320 e. The van der Waals surface area contributed by atoms with Gasteiger partial charge in [0.2, 0.25) is 0 Å². The van der Waals surface area contributed by atoms with E-state index < -0.39 is 0 Å². The molecule has 3 heterocycles. The van der Waals surface area contributed by atoms with Gasteiger partial charge in [-0.1, -0.05) is 36.4 Å². The number of carbonyl (C=O) groups excluding carboxylic acids is 2. The molecule has 30 heavy (non-hydrogen) atoms. The number of benzene rings is 1. The van der Waals surface area contributed by atoms with Crippen LogP contribution in [0.2, 0.25) is 0 Å². The van der Waals surface area contributed by atoms with Gasteiger partial charge in [-0.3, -0.25) is 20.2 Å². The maximum Gasteiger partial charge on any atom is 0.320 e. The van der Waals surface area contributed by atoms with Crippen molar-refractivity contribution in [2.75, 3.05) is 10.6 Å². The molecule has 0 saturated carbocycles. The Kier molecular flexibility index (Phi) is 5.33. The zero-order chi connectivity index (χ0) is 20.9. The lowest BCUT2D eigenvalue weighted by atomic mass is 10.1. The zero-order valence-electron chi connectivity index (χ0n) is 16.1. The predicted molar refractivity (Wildman–Crippen MR) is 113 cm³/mol. The molecule has 1 aromatic carbocycles. The number of amides is 3. The third-order valence-corrected chi connectivity index (χ3v) is 4.47. The van der Waals surface area contributed by atoms with E-state index in [1.165, 1.54) is 6.20 Å². The summed E-state index contributed by atoms with van der Waals surface area (Å²) in [5, 5.41) is 15.8. The number of anilines is 2. The molecule has 0 spiro atoms. The van der Waals surface area contributed by atoms with E-state index in [1.54, 1.807) is 30.5 Å². The monoisotopic (exact) mass is 401 g/mol. The first-order valence-corrected chi connectivity index (χ1v) is 9.29. The second kappa shape index (κ2) is 8.39. The molecule has 9 nitrogen and oxygen atoms in total. The third kappa shape index (κ3) is 4.25. The maximum atomic E-state index is 12.3. The molecule has 0 bridgehead atoms. The fraction of sp³-hybridized carbons (Fsp3) is 0.0952. The van der Waals surface area contributed by atoms with E-state index in [1.807, 2.05) is 37.3 Å². The molecule has 1 atom stereocenters. The number of nitrogens with one attached hydrogen (secondary N) is 4. The van der Waals surface area contributed by atoms with Gasteiger partial charge in [0.25, 0.3) is 5.91 Å². The SMILES string of the molecule is CC(NC(=O)Nc1cc2[nH]nc(NC(=O)c3ccccn3)c2cn1)c1ccccc1. The molecule has 0 fully saturated rings. The van der Waals surface area contributed by atoms with Crippen molar-refractivity contribution < 1.29 is 9.59 Å². The fourth-order valence-electron chi connectivity index (χ4n) is 2.92. The molecule has 0 aliphatic rings. The van der Waals surface area contributed by atoms with Crippen LogP contribution in [0.15, 0.2) is 67.0 Å². The molecule has 0 radical (unpaired) electrons. The van der Waals surface area contributed by atoms with Gasteiger partial charge in [-0.05, 0) is 24.6 Å². The summed E-state index contributed by atoms with van der Waals surface area (Å²) in [7, 11) is 0. The van der Waals surface area contributed by atoms with Crippen molar-refractivity contribution in [3.8, 4) is 0 Å². The number of aromatic nitrogens is 4. The normalized spacial score (nSPS) is 11.6. The Hall–Kier alpha value is -4.27. The van der Waals surface area contributed by atoms with Crippen LogP contribution >= 0.6 is 0 Å². The first-order chi connectivity index (χ1) is 14.6. The molecular weight excluding hydrogens is 382 g/mol. The summed E-state index contributed by atoms with van der Waals surface area (Å²) in [5.74, 6) is 0.314. The third-order valence-electron chi connectivity index (χ3n) is 4.47. The number of H-pyrrole nitrogens is 1. The van der Waals surface area contributed by atoms with Crippen LogP contribution in [0.1, 0.15) is 29.0 Å². The van der Waals surface area contributed by atoms with Gasteiger partial charge in [0, 0.05) is 18.5 Å². The van der Waals surface area contributed by atoms with Crippen LogP contribution in [-0.4, -0.2) is 32.1 Å². The number of pyridine rings is 2. The molecule has 1 unspecified atom stereocenters. The lowest BCUT2D eigenvalue weighted by Gasteiger charge is -2.14. The van der Waals surface area contributed by atoms with Crippen LogP contribution in [-0.2, 0) is 0 Å². The Morgan fingerprint density at radius 1 is 1.00 bits per heavy atom. The van der Waals surface area contributed by atoms with Crippen LogP contribution in [0.5, 0.6) is 0 Å². The Morgan fingerprint density at radius 2 is 1.80 bits per heavy atom.